The Labute approximate surface area is 127 Å². The molecule has 22 heavy (non-hydrogen) atoms. The molecule has 0 bridgehead atoms. The van der Waals surface area contributed by atoms with E-state index in [1.807, 2.05) is 6.92 Å². The Morgan fingerprint density at radius 1 is 1.50 bits per heavy atom. The van der Waals surface area contributed by atoms with Gasteiger partial charge in [-0.15, -0.1) is 11.3 Å². The van der Waals surface area contributed by atoms with Crippen molar-refractivity contribution in [2.45, 2.75) is 19.5 Å². The molecule has 2 atom stereocenters. The summed E-state index contributed by atoms with van der Waals surface area (Å²) in [4.78, 5) is 28.7. The molecular formula is C12H14F3N3O3S. The van der Waals surface area contributed by atoms with Crippen LogP contribution in [0.1, 0.15) is 11.8 Å². The van der Waals surface area contributed by atoms with E-state index in [-0.39, 0.29) is 5.13 Å². The van der Waals surface area contributed by atoms with Gasteiger partial charge in [0.05, 0.1) is 11.8 Å². The minimum atomic E-state index is -4.66. The number of likely N-dealkylation sites (tertiary alicyclic amines) is 1. The zero-order valence-corrected chi connectivity index (χ0v) is 12.4. The highest BCUT2D eigenvalue weighted by atomic mass is 32.1. The molecule has 0 aromatic carbocycles. The number of carbonyl (C=O) groups excluding carboxylic acids is 1. The summed E-state index contributed by atoms with van der Waals surface area (Å²) in [6, 6.07) is -0.769. The quantitative estimate of drug-likeness (QED) is 0.887. The molecule has 2 heterocycles. The summed E-state index contributed by atoms with van der Waals surface area (Å²) in [5.74, 6) is -5.26. The van der Waals surface area contributed by atoms with Gasteiger partial charge in [0.1, 0.15) is 0 Å². The van der Waals surface area contributed by atoms with Gasteiger partial charge < -0.3 is 10.0 Å². The maximum absolute atomic E-state index is 12.9. The molecule has 0 spiro atoms. The summed E-state index contributed by atoms with van der Waals surface area (Å²) in [6.07, 6.45) is -2.36. The van der Waals surface area contributed by atoms with E-state index in [2.05, 4.69) is 10.3 Å². The van der Waals surface area contributed by atoms with Crippen LogP contribution in [0.4, 0.5) is 23.1 Å². The lowest BCUT2D eigenvalue weighted by molar-refractivity contribution is -0.187. The van der Waals surface area contributed by atoms with Crippen LogP contribution in [0.15, 0.2) is 6.20 Å². The molecule has 122 valence electrons. The van der Waals surface area contributed by atoms with Gasteiger partial charge in [-0.1, -0.05) is 6.92 Å². The number of aromatic nitrogens is 1. The second-order valence-electron chi connectivity index (χ2n) is 4.91. The number of aliphatic carboxylic acids is 1. The monoisotopic (exact) mass is 337 g/mol. The van der Waals surface area contributed by atoms with Crippen LogP contribution in [0.2, 0.25) is 0 Å². The first-order valence-electron chi connectivity index (χ1n) is 6.52. The Hall–Kier alpha value is -1.84. The molecule has 1 aromatic heterocycles. The van der Waals surface area contributed by atoms with Crippen molar-refractivity contribution in [3.8, 4) is 0 Å². The van der Waals surface area contributed by atoms with E-state index in [4.69, 9.17) is 5.11 Å². The molecule has 1 aliphatic heterocycles. The topological polar surface area (TPSA) is 82.5 Å². The molecule has 0 aliphatic carbocycles. The van der Waals surface area contributed by atoms with Crippen LogP contribution >= 0.6 is 11.3 Å². The summed E-state index contributed by atoms with van der Waals surface area (Å²) in [6.45, 7) is 0.765. The lowest BCUT2D eigenvalue weighted by atomic mass is 9.96. The van der Waals surface area contributed by atoms with Crippen molar-refractivity contribution in [1.82, 2.24) is 9.88 Å². The van der Waals surface area contributed by atoms with Gasteiger partial charge in [-0.25, -0.2) is 9.78 Å². The number of anilines is 1. The number of carbonyl (C=O) groups is 2. The Bertz CT molecular complexity index is 575. The summed E-state index contributed by atoms with van der Waals surface area (Å²) in [7, 11) is 0. The van der Waals surface area contributed by atoms with Gasteiger partial charge in [0.2, 0.25) is 0 Å². The number of amides is 2. The smallest absolute Gasteiger partial charge is 0.394 e. The third-order valence-electron chi connectivity index (χ3n) is 3.46. The van der Waals surface area contributed by atoms with Crippen molar-refractivity contribution < 1.29 is 27.9 Å². The number of aryl methyl sites for hydroxylation is 1. The molecule has 0 unspecified atom stereocenters. The van der Waals surface area contributed by atoms with Crippen molar-refractivity contribution in [3.63, 3.8) is 0 Å². The highest BCUT2D eigenvalue weighted by Gasteiger charge is 2.53. The molecule has 0 radical (unpaired) electrons. The second-order valence-corrected chi connectivity index (χ2v) is 6.03. The van der Waals surface area contributed by atoms with E-state index in [0.29, 0.717) is 0 Å². The Morgan fingerprint density at radius 3 is 2.64 bits per heavy atom. The lowest BCUT2D eigenvalue weighted by Gasteiger charge is -2.18. The van der Waals surface area contributed by atoms with Gasteiger partial charge in [-0.05, 0) is 6.42 Å². The van der Waals surface area contributed by atoms with Gasteiger partial charge in [-0.3, -0.25) is 10.1 Å². The standard InChI is InChI=1S/C12H14F3N3O3S/c1-2-6-3-16-10(22-6)17-11(21)18-4-7(9(19)20)8(5-18)12(13,14)15/h3,7-8H,2,4-5H2,1H3,(H,19,20)(H,16,17,21)/t7-,8-/m1/s1. The number of rotatable bonds is 3. The summed E-state index contributed by atoms with van der Waals surface area (Å²) in [5.41, 5.74) is 0. The van der Waals surface area contributed by atoms with Crippen LogP contribution in [0.5, 0.6) is 0 Å². The van der Waals surface area contributed by atoms with E-state index in [9.17, 15) is 22.8 Å². The molecule has 2 N–H and O–H groups in total. The van der Waals surface area contributed by atoms with Crippen LogP contribution in [0.25, 0.3) is 0 Å². The molecule has 1 saturated heterocycles. The number of hydrogen-bond acceptors (Lipinski definition) is 4. The van der Waals surface area contributed by atoms with Crippen LogP contribution in [-0.4, -0.2) is 46.3 Å². The van der Waals surface area contributed by atoms with Crippen LogP contribution in [0, 0.1) is 11.8 Å². The van der Waals surface area contributed by atoms with Crippen molar-refractivity contribution in [2.24, 2.45) is 11.8 Å². The minimum Gasteiger partial charge on any atom is -0.481 e. The molecule has 6 nitrogen and oxygen atoms in total. The lowest BCUT2D eigenvalue weighted by Crippen LogP contribution is -2.35. The number of carboxylic acid groups (broad SMARTS) is 1. The van der Waals surface area contributed by atoms with Gasteiger partial charge in [0.15, 0.2) is 5.13 Å². The molecule has 2 amide bonds. The van der Waals surface area contributed by atoms with Crippen LogP contribution in [-0.2, 0) is 11.2 Å². The fourth-order valence-electron chi connectivity index (χ4n) is 2.25. The predicted molar refractivity (Wildman–Crippen MR) is 72.8 cm³/mol. The van der Waals surface area contributed by atoms with Gasteiger partial charge in [0, 0.05) is 24.2 Å². The van der Waals surface area contributed by atoms with E-state index in [1.54, 1.807) is 6.20 Å². The van der Waals surface area contributed by atoms with E-state index >= 15 is 0 Å². The molecular weight excluding hydrogens is 323 g/mol. The zero-order valence-electron chi connectivity index (χ0n) is 11.6. The number of hydrogen-bond donors (Lipinski definition) is 2. The minimum absolute atomic E-state index is 0.282. The number of alkyl halides is 3. The maximum atomic E-state index is 12.9. The normalized spacial score (nSPS) is 21.9. The van der Waals surface area contributed by atoms with Crippen molar-refractivity contribution in [2.75, 3.05) is 18.4 Å². The second kappa shape index (κ2) is 6.11. The fraction of sp³-hybridized carbons (Fsp3) is 0.583. The Morgan fingerprint density at radius 2 is 2.18 bits per heavy atom. The molecule has 1 fully saturated rings. The van der Waals surface area contributed by atoms with Crippen molar-refractivity contribution in [1.29, 1.82) is 0 Å². The average molecular weight is 337 g/mol. The average Bonchev–Trinajstić information content (AvgIpc) is 3.03. The zero-order chi connectivity index (χ0) is 16.5. The molecule has 10 heteroatoms. The molecule has 0 saturated carbocycles. The number of thiazole rings is 1. The Balaban J connectivity index is 2.06. The summed E-state index contributed by atoms with van der Waals surface area (Å²) in [5, 5.41) is 11.6. The van der Waals surface area contributed by atoms with Crippen LogP contribution < -0.4 is 5.32 Å². The molecule has 1 aliphatic rings. The van der Waals surface area contributed by atoms with Gasteiger partial charge in [-0.2, -0.15) is 13.2 Å². The summed E-state index contributed by atoms with van der Waals surface area (Å²) >= 11 is 1.23. The highest BCUT2D eigenvalue weighted by Crippen LogP contribution is 2.38. The third kappa shape index (κ3) is 3.49. The number of halogens is 3. The maximum Gasteiger partial charge on any atom is 0.394 e. The van der Waals surface area contributed by atoms with Crippen molar-refractivity contribution in [3.05, 3.63) is 11.1 Å². The predicted octanol–water partition coefficient (Wildman–Crippen LogP) is 2.43. The number of nitrogens with one attached hydrogen (secondary N) is 1. The van der Waals surface area contributed by atoms with E-state index < -0.39 is 43.1 Å². The Kier molecular flexibility index (Phi) is 4.59. The van der Waals surface area contributed by atoms with Gasteiger partial charge in [0.25, 0.3) is 0 Å². The molecule has 2 rings (SSSR count). The van der Waals surface area contributed by atoms with E-state index in [1.165, 1.54) is 11.3 Å². The number of nitrogens with zero attached hydrogens (tertiary/aromatic N) is 2. The first-order valence-corrected chi connectivity index (χ1v) is 7.34. The van der Waals surface area contributed by atoms with Crippen molar-refractivity contribution >= 4 is 28.5 Å². The largest absolute Gasteiger partial charge is 0.481 e. The van der Waals surface area contributed by atoms with Crippen LogP contribution in [0.3, 0.4) is 0 Å². The fourth-order valence-corrected chi connectivity index (χ4v) is 2.99. The third-order valence-corrected chi connectivity index (χ3v) is 4.52. The number of carboxylic acids is 1. The number of urea groups is 1. The first kappa shape index (κ1) is 16.5. The SMILES string of the molecule is CCc1cnc(NC(=O)N2C[C@@H](C(F)(F)F)[C@H](C(=O)O)C2)s1. The highest BCUT2D eigenvalue weighted by molar-refractivity contribution is 7.15. The molecule has 1 aromatic rings. The summed E-state index contributed by atoms with van der Waals surface area (Å²) < 4.78 is 38.6. The van der Waals surface area contributed by atoms with E-state index in [0.717, 1.165) is 16.2 Å². The first-order chi connectivity index (χ1) is 10.2. The van der Waals surface area contributed by atoms with Gasteiger partial charge >= 0.3 is 18.2 Å².